The summed E-state index contributed by atoms with van der Waals surface area (Å²) in [4.78, 5) is 0. The van der Waals surface area contributed by atoms with Crippen molar-refractivity contribution in [2.75, 3.05) is 17.7 Å². The van der Waals surface area contributed by atoms with Crippen molar-refractivity contribution in [2.24, 2.45) is 0 Å². The van der Waals surface area contributed by atoms with Crippen LogP contribution >= 0.6 is 0 Å². The number of aromatic nitrogens is 2. The Balaban J connectivity index is 2.16. The van der Waals surface area contributed by atoms with Gasteiger partial charge in [-0.25, -0.2) is 0 Å². The molecule has 0 aliphatic heterocycles. The van der Waals surface area contributed by atoms with Gasteiger partial charge >= 0.3 is 0 Å². The Morgan fingerprint density at radius 3 is 3.00 bits per heavy atom. The summed E-state index contributed by atoms with van der Waals surface area (Å²) in [6.45, 7) is 4.59. The van der Waals surface area contributed by atoms with E-state index in [4.69, 9.17) is 10.5 Å². The van der Waals surface area contributed by atoms with Crippen molar-refractivity contribution >= 4 is 11.4 Å². The second kappa shape index (κ2) is 5.44. The number of H-pyrrole nitrogens is 1. The van der Waals surface area contributed by atoms with Crippen molar-refractivity contribution in [3.8, 4) is 5.75 Å². The summed E-state index contributed by atoms with van der Waals surface area (Å²) >= 11 is 0. The molecule has 1 unspecified atom stereocenters. The predicted molar refractivity (Wildman–Crippen MR) is 72.6 cm³/mol. The van der Waals surface area contributed by atoms with Crippen LogP contribution in [0, 0.1) is 0 Å². The smallest absolute Gasteiger partial charge is 0.144 e. The van der Waals surface area contributed by atoms with Gasteiger partial charge in [-0.2, -0.15) is 5.10 Å². The topological polar surface area (TPSA) is 76.0 Å². The van der Waals surface area contributed by atoms with Crippen molar-refractivity contribution in [3.05, 3.63) is 36.2 Å². The number of hydrogen-bond donors (Lipinski definition) is 3. The Morgan fingerprint density at radius 2 is 2.33 bits per heavy atom. The molecule has 0 bridgehead atoms. The molecule has 96 valence electrons. The van der Waals surface area contributed by atoms with E-state index in [2.05, 4.69) is 22.4 Å². The Labute approximate surface area is 106 Å². The number of nitrogens with two attached hydrogens (primary N) is 1. The van der Waals surface area contributed by atoms with Crippen LogP contribution in [0.3, 0.4) is 0 Å². The van der Waals surface area contributed by atoms with Crippen LogP contribution in [0.1, 0.15) is 25.5 Å². The molecule has 2 rings (SSSR count). The zero-order valence-electron chi connectivity index (χ0n) is 10.6. The summed E-state index contributed by atoms with van der Waals surface area (Å²) in [7, 11) is 0. The number of hydrogen-bond acceptors (Lipinski definition) is 4. The van der Waals surface area contributed by atoms with Crippen LogP contribution in [0.5, 0.6) is 5.75 Å². The maximum Gasteiger partial charge on any atom is 0.144 e. The van der Waals surface area contributed by atoms with Crippen molar-refractivity contribution in [2.45, 2.75) is 19.9 Å². The van der Waals surface area contributed by atoms with Crippen LogP contribution in [0.2, 0.25) is 0 Å². The van der Waals surface area contributed by atoms with E-state index in [1.807, 2.05) is 31.3 Å². The van der Waals surface area contributed by atoms with Crippen LogP contribution in [0.15, 0.2) is 30.6 Å². The average Bonchev–Trinajstić information content (AvgIpc) is 2.88. The fraction of sp³-hybridized carbons (Fsp3) is 0.308. The molecule has 0 radical (unpaired) electrons. The van der Waals surface area contributed by atoms with Gasteiger partial charge in [-0.05, 0) is 26.0 Å². The van der Waals surface area contributed by atoms with E-state index in [0.717, 1.165) is 11.3 Å². The normalized spacial score (nSPS) is 12.1. The minimum absolute atomic E-state index is 0.128. The molecule has 1 heterocycles. The van der Waals surface area contributed by atoms with Gasteiger partial charge in [0.15, 0.2) is 0 Å². The van der Waals surface area contributed by atoms with Gasteiger partial charge in [0.05, 0.1) is 30.2 Å². The first-order valence-corrected chi connectivity index (χ1v) is 5.99. The molecule has 0 aliphatic rings. The summed E-state index contributed by atoms with van der Waals surface area (Å²) in [5, 5.41) is 10.1. The number of nitrogen functional groups attached to an aromatic ring is 1. The summed E-state index contributed by atoms with van der Waals surface area (Å²) in [6.07, 6.45) is 3.65. The van der Waals surface area contributed by atoms with Crippen molar-refractivity contribution in [1.82, 2.24) is 10.2 Å². The number of para-hydroxylation sites is 1. The van der Waals surface area contributed by atoms with Gasteiger partial charge in [-0.15, -0.1) is 0 Å². The lowest BCUT2D eigenvalue weighted by Crippen LogP contribution is -2.08. The quantitative estimate of drug-likeness (QED) is 0.709. The van der Waals surface area contributed by atoms with E-state index in [9.17, 15) is 0 Å². The zero-order chi connectivity index (χ0) is 13.0. The molecule has 0 spiro atoms. The largest absolute Gasteiger partial charge is 0.492 e. The SMILES string of the molecule is CCOc1cccc(NC(C)c2cn[nH]c2)c1N. The second-order valence-corrected chi connectivity index (χ2v) is 4.05. The lowest BCUT2D eigenvalue weighted by Gasteiger charge is -2.17. The van der Waals surface area contributed by atoms with Crippen LogP contribution in [-0.2, 0) is 0 Å². The predicted octanol–water partition coefficient (Wildman–Crippen LogP) is 2.56. The third kappa shape index (κ3) is 2.56. The van der Waals surface area contributed by atoms with Gasteiger partial charge in [0.25, 0.3) is 0 Å². The number of nitrogens with one attached hydrogen (secondary N) is 2. The third-order valence-electron chi connectivity index (χ3n) is 2.76. The Hall–Kier alpha value is -2.17. The van der Waals surface area contributed by atoms with Crippen molar-refractivity contribution < 1.29 is 4.74 Å². The molecule has 4 N–H and O–H groups in total. The number of anilines is 2. The summed E-state index contributed by atoms with van der Waals surface area (Å²) < 4.78 is 5.47. The molecule has 0 aliphatic carbocycles. The number of benzene rings is 1. The highest BCUT2D eigenvalue weighted by Crippen LogP contribution is 2.31. The molecule has 0 saturated carbocycles. The minimum Gasteiger partial charge on any atom is -0.492 e. The molecule has 0 fully saturated rings. The molecular formula is C13H18N4O. The van der Waals surface area contributed by atoms with Gasteiger partial charge in [-0.1, -0.05) is 6.07 Å². The standard InChI is InChI=1S/C13H18N4O/c1-3-18-12-6-4-5-11(13(12)14)17-9(2)10-7-15-16-8-10/h4-9,17H,3,14H2,1-2H3,(H,15,16). The van der Waals surface area contributed by atoms with E-state index in [1.54, 1.807) is 6.20 Å². The van der Waals surface area contributed by atoms with Crippen LogP contribution in [-0.4, -0.2) is 16.8 Å². The number of ether oxygens (including phenoxy) is 1. The highest BCUT2D eigenvalue weighted by atomic mass is 16.5. The Morgan fingerprint density at radius 1 is 1.50 bits per heavy atom. The van der Waals surface area contributed by atoms with Gasteiger partial charge in [0, 0.05) is 11.8 Å². The Kier molecular flexibility index (Phi) is 3.72. The van der Waals surface area contributed by atoms with Crippen molar-refractivity contribution in [1.29, 1.82) is 0 Å². The fourth-order valence-corrected chi connectivity index (χ4v) is 1.77. The monoisotopic (exact) mass is 246 g/mol. The van der Waals surface area contributed by atoms with Gasteiger partial charge in [0.2, 0.25) is 0 Å². The van der Waals surface area contributed by atoms with E-state index >= 15 is 0 Å². The Bertz CT molecular complexity index is 496. The summed E-state index contributed by atoms with van der Waals surface area (Å²) in [5.74, 6) is 0.710. The third-order valence-corrected chi connectivity index (χ3v) is 2.76. The molecular weight excluding hydrogens is 228 g/mol. The number of aromatic amines is 1. The number of rotatable bonds is 5. The minimum atomic E-state index is 0.128. The molecule has 1 aromatic heterocycles. The maximum absolute atomic E-state index is 6.06. The lowest BCUT2D eigenvalue weighted by atomic mass is 10.1. The second-order valence-electron chi connectivity index (χ2n) is 4.05. The molecule has 1 atom stereocenters. The fourth-order valence-electron chi connectivity index (χ4n) is 1.77. The van der Waals surface area contributed by atoms with Gasteiger partial charge in [-0.3, -0.25) is 5.10 Å². The maximum atomic E-state index is 6.06. The van der Waals surface area contributed by atoms with E-state index < -0.39 is 0 Å². The van der Waals surface area contributed by atoms with E-state index in [0.29, 0.717) is 18.0 Å². The lowest BCUT2D eigenvalue weighted by molar-refractivity contribution is 0.342. The zero-order valence-corrected chi connectivity index (χ0v) is 10.6. The highest BCUT2D eigenvalue weighted by Gasteiger charge is 2.10. The molecule has 5 heteroatoms. The molecule has 2 aromatic rings. The first-order chi connectivity index (χ1) is 8.72. The van der Waals surface area contributed by atoms with Crippen molar-refractivity contribution in [3.63, 3.8) is 0 Å². The molecule has 1 aromatic carbocycles. The highest BCUT2D eigenvalue weighted by molar-refractivity contribution is 5.73. The first-order valence-electron chi connectivity index (χ1n) is 5.99. The molecule has 18 heavy (non-hydrogen) atoms. The van der Waals surface area contributed by atoms with Gasteiger partial charge in [0.1, 0.15) is 5.75 Å². The first kappa shape index (κ1) is 12.3. The molecule has 5 nitrogen and oxygen atoms in total. The molecule has 0 amide bonds. The van der Waals surface area contributed by atoms with Crippen LogP contribution in [0.4, 0.5) is 11.4 Å². The number of nitrogens with zero attached hydrogens (tertiary/aromatic N) is 1. The van der Waals surface area contributed by atoms with E-state index in [1.165, 1.54) is 0 Å². The van der Waals surface area contributed by atoms with Gasteiger partial charge < -0.3 is 15.8 Å². The van der Waals surface area contributed by atoms with E-state index in [-0.39, 0.29) is 6.04 Å². The van der Waals surface area contributed by atoms with Crippen LogP contribution < -0.4 is 15.8 Å². The molecule has 0 saturated heterocycles. The summed E-state index contributed by atoms with van der Waals surface area (Å²) in [5.41, 5.74) is 8.64. The van der Waals surface area contributed by atoms with Crippen LogP contribution in [0.25, 0.3) is 0 Å². The summed E-state index contributed by atoms with van der Waals surface area (Å²) in [6, 6.07) is 5.86. The average molecular weight is 246 g/mol.